The molecule has 3 heteroatoms. The summed E-state index contributed by atoms with van der Waals surface area (Å²) in [5, 5.41) is 3.51. The number of fused-ring (bicyclic) bond motifs is 4. The third-order valence-electron chi connectivity index (χ3n) is 4.05. The topological polar surface area (TPSA) is 30.5 Å². The zero-order valence-corrected chi connectivity index (χ0v) is 11.2. The second kappa shape index (κ2) is 4.12. The van der Waals surface area contributed by atoms with E-state index in [9.17, 15) is 0 Å². The Kier molecular flexibility index (Phi) is 2.38. The number of nitrogens with one attached hydrogen (secondary N) is 1. The molecule has 100 valence electrons. The molecule has 0 fully saturated rings. The summed E-state index contributed by atoms with van der Waals surface area (Å²) >= 11 is 0. The Bertz CT molecular complexity index is 708. The molecule has 1 unspecified atom stereocenters. The molecular formula is C17H15NO2. The van der Waals surface area contributed by atoms with Gasteiger partial charge in [-0.15, -0.1) is 0 Å². The maximum atomic E-state index is 6.05. The number of hydrogen-bond donors (Lipinski definition) is 1. The zero-order chi connectivity index (χ0) is 13.6. The van der Waals surface area contributed by atoms with Gasteiger partial charge in [0.15, 0.2) is 0 Å². The van der Waals surface area contributed by atoms with Crippen molar-refractivity contribution < 1.29 is 9.47 Å². The molecule has 3 nitrogen and oxygen atoms in total. The minimum absolute atomic E-state index is 0.632. The lowest BCUT2D eigenvalue weighted by Gasteiger charge is -2.35. The van der Waals surface area contributed by atoms with Crippen LogP contribution in [0.4, 0.5) is 0 Å². The lowest BCUT2D eigenvalue weighted by Crippen LogP contribution is -2.41. The maximum Gasteiger partial charge on any atom is 0.217 e. The molecule has 0 saturated carbocycles. The molecule has 1 atom stereocenters. The van der Waals surface area contributed by atoms with Crippen molar-refractivity contribution in [1.82, 2.24) is 5.32 Å². The molecule has 0 saturated heterocycles. The minimum Gasteiger partial charge on any atom is -0.496 e. The number of ether oxygens (including phenoxy) is 2. The van der Waals surface area contributed by atoms with E-state index in [2.05, 4.69) is 29.6 Å². The SMILES string of the molecule is COc1cccc2c1C1(NCc3ccccc31)OC=C2. The highest BCUT2D eigenvalue weighted by Crippen LogP contribution is 2.46. The first-order valence-electron chi connectivity index (χ1n) is 6.70. The third kappa shape index (κ3) is 1.38. The first-order chi connectivity index (χ1) is 9.85. The van der Waals surface area contributed by atoms with Gasteiger partial charge in [-0.3, -0.25) is 5.32 Å². The molecule has 20 heavy (non-hydrogen) atoms. The van der Waals surface area contributed by atoms with E-state index in [1.807, 2.05) is 24.3 Å². The van der Waals surface area contributed by atoms with Crippen molar-refractivity contribution in [3.63, 3.8) is 0 Å². The number of benzene rings is 2. The first-order valence-corrected chi connectivity index (χ1v) is 6.70. The van der Waals surface area contributed by atoms with Crippen LogP contribution in [0.5, 0.6) is 5.75 Å². The number of rotatable bonds is 1. The van der Waals surface area contributed by atoms with Crippen LogP contribution in [0.2, 0.25) is 0 Å². The molecule has 2 aliphatic rings. The predicted molar refractivity (Wildman–Crippen MR) is 77.2 cm³/mol. The van der Waals surface area contributed by atoms with Gasteiger partial charge in [-0.2, -0.15) is 0 Å². The van der Waals surface area contributed by atoms with E-state index in [1.54, 1.807) is 13.4 Å². The molecule has 2 aromatic rings. The highest BCUT2D eigenvalue weighted by molar-refractivity contribution is 5.65. The van der Waals surface area contributed by atoms with Gasteiger partial charge in [-0.25, -0.2) is 0 Å². The van der Waals surface area contributed by atoms with E-state index in [4.69, 9.17) is 9.47 Å². The fourth-order valence-electron chi connectivity index (χ4n) is 3.16. The van der Waals surface area contributed by atoms with Gasteiger partial charge in [0.2, 0.25) is 5.72 Å². The van der Waals surface area contributed by atoms with E-state index in [0.717, 1.165) is 29.0 Å². The van der Waals surface area contributed by atoms with Gasteiger partial charge < -0.3 is 9.47 Å². The van der Waals surface area contributed by atoms with Crippen molar-refractivity contribution in [1.29, 1.82) is 0 Å². The predicted octanol–water partition coefficient (Wildman–Crippen LogP) is 3.00. The second-order valence-corrected chi connectivity index (χ2v) is 5.04. The van der Waals surface area contributed by atoms with Crippen molar-refractivity contribution in [2.45, 2.75) is 12.3 Å². The molecule has 1 N–H and O–H groups in total. The Morgan fingerprint density at radius 1 is 1.15 bits per heavy atom. The monoisotopic (exact) mass is 265 g/mol. The van der Waals surface area contributed by atoms with Crippen LogP contribution in [-0.4, -0.2) is 7.11 Å². The fourth-order valence-corrected chi connectivity index (χ4v) is 3.16. The molecule has 0 aromatic heterocycles. The van der Waals surface area contributed by atoms with Crippen molar-refractivity contribution >= 4 is 6.08 Å². The number of hydrogen-bond acceptors (Lipinski definition) is 3. The molecule has 0 radical (unpaired) electrons. The maximum absolute atomic E-state index is 6.05. The third-order valence-corrected chi connectivity index (χ3v) is 4.05. The van der Waals surface area contributed by atoms with E-state index in [0.29, 0.717) is 0 Å². The molecular weight excluding hydrogens is 250 g/mol. The molecule has 2 heterocycles. The fraction of sp³-hybridized carbons (Fsp3) is 0.176. The Morgan fingerprint density at radius 2 is 2.05 bits per heavy atom. The van der Waals surface area contributed by atoms with Crippen LogP contribution in [0, 0.1) is 0 Å². The van der Waals surface area contributed by atoms with Crippen molar-refractivity contribution in [2.75, 3.05) is 7.11 Å². The molecule has 0 aliphatic carbocycles. The first kappa shape index (κ1) is 11.6. The summed E-state index contributed by atoms with van der Waals surface area (Å²) < 4.78 is 11.6. The summed E-state index contributed by atoms with van der Waals surface area (Å²) in [4.78, 5) is 0. The van der Waals surface area contributed by atoms with Gasteiger partial charge in [-0.1, -0.05) is 36.4 Å². The summed E-state index contributed by atoms with van der Waals surface area (Å²) in [7, 11) is 1.70. The van der Waals surface area contributed by atoms with E-state index in [-0.39, 0.29) is 0 Å². The lowest BCUT2D eigenvalue weighted by atomic mass is 9.88. The van der Waals surface area contributed by atoms with Gasteiger partial charge >= 0.3 is 0 Å². The van der Waals surface area contributed by atoms with Crippen molar-refractivity contribution in [3.8, 4) is 5.75 Å². The van der Waals surface area contributed by atoms with Crippen LogP contribution in [0.15, 0.2) is 48.7 Å². The molecule has 1 spiro atoms. The average Bonchev–Trinajstić information content (AvgIpc) is 2.87. The van der Waals surface area contributed by atoms with E-state index < -0.39 is 5.72 Å². The number of methoxy groups -OCH3 is 1. The van der Waals surface area contributed by atoms with Crippen LogP contribution >= 0.6 is 0 Å². The van der Waals surface area contributed by atoms with Gasteiger partial charge in [-0.05, 0) is 23.3 Å². The van der Waals surface area contributed by atoms with Crippen LogP contribution < -0.4 is 10.1 Å². The summed E-state index contributed by atoms with van der Waals surface area (Å²) in [6, 6.07) is 14.4. The molecule has 2 aliphatic heterocycles. The van der Waals surface area contributed by atoms with Crippen LogP contribution in [0.3, 0.4) is 0 Å². The van der Waals surface area contributed by atoms with E-state index in [1.165, 1.54) is 5.56 Å². The Hall–Kier alpha value is -2.26. The van der Waals surface area contributed by atoms with Gasteiger partial charge in [0.05, 0.1) is 18.9 Å². The van der Waals surface area contributed by atoms with Crippen LogP contribution in [0.1, 0.15) is 22.3 Å². The largest absolute Gasteiger partial charge is 0.496 e. The van der Waals surface area contributed by atoms with Gasteiger partial charge in [0, 0.05) is 12.1 Å². The van der Waals surface area contributed by atoms with Crippen molar-refractivity contribution in [3.05, 3.63) is 71.0 Å². The molecule has 2 aromatic carbocycles. The van der Waals surface area contributed by atoms with Gasteiger partial charge in [0.1, 0.15) is 5.75 Å². The van der Waals surface area contributed by atoms with Crippen molar-refractivity contribution in [2.24, 2.45) is 0 Å². The quantitative estimate of drug-likeness (QED) is 0.859. The summed E-state index contributed by atoms with van der Waals surface area (Å²) in [5.74, 6) is 0.844. The normalized spacial score (nSPS) is 22.2. The minimum atomic E-state index is -0.632. The molecule has 4 rings (SSSR count). The standard InChI is InChI=1S/C17H15NO2/c1-19-15-8-4-6-12-9-10-20-17(16(12)15)14-7-3-2-5-13(14)11-18-17/h2-10,18H,11H2,1H3. The smallest absolute Gasteiger partial charge is 0.217 e. The Balaban J connectivity index is 2.02. The summed E-state index contributed by atoms with van der Waals surface area (Å²) in [6.07, 6.45) is 3.74. The summed E-state index contributed by atoms with van der Waals surface area (Å²) in [6.45, 7) is 0.793. The zero-order valence-electron chi connectivity index (χ0n) is 11.2. The average molecular weight is 265 g/mol. The van der Waals surface area contributed by atoms with Crippen LogP contribution in [0.25, 0.3) is 6.08 Å². The van der Waals surface area contributed by atoms with Gasteiger partial charge in [0.25, 0.3) is 0 Å². The van der Waals surface area contributed by atoms with E-state index >= 15 is 0 Å². The Morgan fingerprint density at radius 3 is 2.95 bits per heavy atom. The molecule has 0 amide bonds. The second-order valence-electron chi connectivity index (χ2n) is 5.04. The highest BCUT2D eigenvalue weighted by atomic mass is 16.5. The highest BCUT2D eigenvalue weighted by Gasteiger charge is 2.46. The molecule has 0 bridgehead atoms. The van der Waals surface area contributed by atoms with Crippen LogP contribution in [-0.2, 0) is 17.0 Å². The lowest BCUT2D eigenvalue weighted by molar-refractivity contribution is 0.0294. The summed E-state index contributed by atoms with van der Waals surface area (Å²) in [5.41, 5.74) is 3.97. The Labute approximate surface area is 117 Å².